The number of aliphatic hydroxyl groups is 2. The highest BCUT2D eigenvalue weighted by Crippen LogP contribution is 2.24. The average molecular weight is 284 g/mol. The molecule has 0 spiro atoms. The Balaban J connectivity index is 1.88. The summed E-state index contributed by atoms with van der Waals surface area (Å²) in [5.41, 5.74) is 0. The van der Waals surface area contributed by atoms with Gasteiger partial charge in [-0.05, 0) is 31.6 Å². The fraction of sp³-hybridized carbons (Fsp3) is 1.00. The van der Waals surface area contributed by atoms with Crippen LogP contribution in [0.25, 0.3) is 0 Å². The van der Waals surface area contributed by atoms with Crippen LogP contribution in [0.5, 0.6) is 0 Å². The Labute approximate surface area is 123 Å². The molecule has 118 valence electrons. The largest absolute Gasteiger partial charge is 0.395 e. The molecule has 20 heavy (non-hydrogen) atoms. The lowest BCUT2D eigenvalue weighted by molar-refractivity contribution is 0.0271. The summed E-state index contributed by atoms with van der Waals surface area (Å²) >= 11 is 0. The fourth-order valence-corrected chi connectivity index (χ4v) is 3.89. The van der Waals surface area contributed by atoms with Crippen LogP contribution >= 0.6 is 0 Å². The predicted molar refractivity (Wildman–Crippen MR) is 81.7 cm³/mol. The summed E-state index contributed by atoms with van der Waals surface area (Å²) in [6.45, 7) is 4.95. The molecule has 0 aromatic rings. The third-order valence-electron chi connectivity index (χ3n) is 5.01. The molecule has 1 heterocycles. The number of β-amino-alcohol motifs (C(OH)–C–C–N with tert-alkyl or cyclic N) is 1. The molecule has 0 radical (unpaired) electrons. The number of nitrogens with one attached hydrogen (secondary N) is 1. The normalized spacial score (nSPS) is 31.4. The van der Waals surface area contributed by atoms with Gasteiger partial charge in [0.05, 0.1) is 12.7 Å². The molecule has 0 aromatic carbocycles. The zero-order valence-corrected chi connectivity index (χ0v) is 12.9. The minimum Gasteiger partial charge on any atom is -0.395 e. The Bertz CT molecular complexity index is 267. The molecular weight excluding hydrogens is 252 g/mol. The first-order valence-electron chi connectivity index (χ1n) is 8.50. The summed E-state index contributed by atoms with van der Waals surface area (Å²) in [5, 5.41) is 23.2. The summed E-state index contributed by atoms with van der Waals surface area (Å²) in [7, 11) is 0. The van der Waals surface area contributed by atoms with E-state index in [1.54, 1.807) is 0 Å². The second-order valence-corrected chi connectivity index (χ2v) is 6.65. The van der Waals surface area contributed by atoms with E-state index in [0.29, 0.717) is 18.0 Å². The van der Waals surface area contributed by atoms with Crippen molar-refractivity contribution in [1.29, 1.82) is 0 Å². The number of likely N-dealkylation sites (tertiary alicyclic amines) is 1. The number of rotatable bonds is 6. The number of nitrogens with zero attached hydrogens (tertiary/aromatic N) is 1. The van der Waals surface area contributed by atoms with Gasteiger partial charge in [-0.1, -0.05) is 26.2 Å². The standard InChI is InChI=1S/C16H32N2O2/c1-2-16(20)13-10-15(12-18(11-13)8-9-19)17-14-6-4-3-5-7-14/h13-17,19-20H,2-12H2,1H3. The van der Waals surface area contributed by atoms with Gasteiger partial charge in [0.2, 0.25) is 0 Å². The van der Waals surface area contributed by atoms with Crippen molar-refractivity contribution in [2.75, 3.05) is 26.2 Å². The quantitative estimate of drug-likeness (QED) is 0.689. The molecule has 0 aromatic heterocycles. The second-order valence-electron chi connectivity index (χ2n) is 6.65. The van der Waals surface area contributed by atoms with Crippen LogP contribution < -0.4 is 5.32 Å². The molecule has 0 amide bonds. The van der Waals surface area contributed by atoms with Crippen LogP contribution in [-0.2, 0) is 0 Å². The Hall–Kier alpha value is -0.160. The second kappa shape index (κ2) is 8.32. The first-order valence-corrected chi connectivity index (χ1v) is 8.50. The zero-order valence-electron chi connectivity index (χ0n) is 12.9. The highest BCUT2D eigenvalue weighted by Gasteiger charge is 2.31. The van der Waals surface area contributed by atoms with E-state index >= 15 is 0 Å². The summed E-state index contributed by atoms with van der Waals surface area (Å²) < 4.78 is 0. The molecule has 0 bridgehead atoms. The summed E-state index contributed by atoms with van der Waals surface area (Å²) in [4.78, 5) is 2.31. The Kier molecular flexibility index (Phi) is 6.75. The smallest absolute Gasteiger partial charge is 0.0578 e. The van der Waals surface area contributed by atoms with Crippen LogP contribution in [-0.4, -0.2) is 59.5 Å². The van der Waals surface area contributed by atoms with Gasteiger partial charge in [-0.15, -0.1) is 0 Å². The number of aliphatic hydroxyl groups excluding tert-OH is 2. The Morgan fingerprint density at radius 2 is 1.90 bits per heavy atom. The van der Waals surface area contributed by atoms with Gasteiger partial charge in [-0.3, -0.25) is 4.90 Å². The third kappa shape index (κ3) is 4.69. The maximum Gasteiger partial charge on any atom is 0.0578 e. The summed E-state index contributed by atoms with van der Waals surface area (Å²) in [6, 6.07) is 1.15. The van der Waals surface area contributed by atoms with E-state index in [1.165, 1.54) is 32.1 Å². The van der Waals surface area contributed by atoms with E-state index < -0.39 is 0 Å². The fourth-order valence-electron chi connectivity index (χ4n) is 3.89. The van der Waals surface area contributed by atoms with Gasteiger partial charge < -0.3 is 15.5 Å². The van der Waals surface area contributed by atoms with Gasteiger partial charge >= 0.3 is 0 Å². The lowest BCUT2D eigenvalue weighted by atomic mass is 9.87. The average Bonchev–Trinajstić information content (AvgIpc) is 2.47. The van der Waals surface area contributed by atoms with Gasteiger partial charge in [-0.25, -0.2) is 0 Å². The van der Waals surface area contributed by atoms with Crippen LogP contribution in [0, 0.1) is 5.92 Å². The summed E-state index contributed by atoms with van der Waals surface area (Å²) in [6.07, 6.45) is 8.40. The highest BCUT2D eigenvalue weighted by molar-refractivity contribution is 4.88. The lowest BCUT2D eigenvalue weighted by Gasteiger charge is -2.41. The minimum atomic E-state index is -0.202. The van der Waals surface area contributed by atoms with Crippen molar-refractivity contribution in [3.05, 3.63) is 0 Å². The molecule has 4 nitrogen and oxygen atoms in total. The Morgan fingerprint density at radius 3 is 2.55 bits per heavy atom. The van der Waals surface area contributed by atoms with Gasteiger partial charge in [-0.2, -0.15) is 0 Å². The lowest BCUT2D eigenvalue weighted by Crippen LogP contribution is -2.54. The SMILES string of the molecule is CCC(O)C1CC(NC2CCCCC2)CN(CCO)C1. The molecule has 1 saturated heterocycles. The minimum absolute atomic E-state index is 0.202. The van der Waals surface area contributed by atoms with Crippen LogP contribution in [0.4, 0.5) is 0 Å². The van der Waals surface area contributed by atoms with E-state index in [9.17, 15) is 10.2 Å². The number of piperidine rings is 1. The van der Waals surface area contributed by atoms with Gasteiger partial charge in [0.1, 0.15) is 0 Å². The van der Waals surface area contributed by atoms with E-state index in [1.807, 2.05) is 0 Å². The van der Waals surface area contributed by atoms with Gasteiger partial charge in [0.25, 0.3) is 0 Å². The van der Waals surface area contributed by atoms with Gasteiger partial charge in [0.15, 0.2) is 0 Å². The number of hydrogen-bond donors (Lipinski definition) is 3. The first-order chi connectivity index (χ1) is 9.72. The molecule has 1 aliphatic heterocycles. The van der Waals surface area contributed by atoms with Gasteiger partial charge in [0, 0.05) is 31.7 Å². The van der Waals surface area contributed by atoms with E-state index in [2.05, 4.69) is 17.1 Å². The molecule has 2 aliphatic rings. The van der Waals surface area contributed by atoms with Crippen molar-refractivity contribution >= 4 is 0 Å². The van der Waals surface area contributed by atoms with Crippen molar-refractivity contribution in [3.63, 3.8) is 0 Å². The molecule has 2 rings (SSSR count). The topological polar surface area (TPSA) is 55.7 Å². The summed E-state index contributed by atoms with van der Waals surface area (Å²) in [5.74, 6) is 0.349. The van der Waals surface area contributed by atoms with Crippen LogP contribution in [0.15, 0.2) is 0 Å². The monoisotopic (exact) mass is 284 g/mol. The first kappa shape index (κ1) is 16.2. The molecule has 3 atom stereocenters. The maximum atomic E-state index is 10.2. The van der Waals surface area contributed by atoms with Crippen LogP contribution in [0.3, 0.4) is 0 Å². The van der Waals surface area contributed by atoms with Crippen LogP contribution in [0.1, 0.15) is 51.9 Å². The zero-order chi connectivity index (χ0) is 14.4. The van der Waals surface area contributed by atoms with Crippen molar-refractivity contribution in [3.8, 4) is 0 Å². The molecular formula is C16H32N2O2. The van der Waals surface area contributed by atoms with E-state index in [-0.39, 0.29) is 12.7 Å². The third-order valence-corrected chi connectivity index (χ3v) is 5.01. The van der Waals surface area contributed by atoms with Crippen molar-refractivity contribution in [2.24, 2.45) is 5.92 Å². The molecule has 4 heteroatoms. The highest BCUT2D eigenvalue weighted by atomic mass is 16.3. The number of hydrogen-bond acceptors (Lipinski definition) is 4. The predicted octanol–water partition coefficient (Wildman–Crippen LogP) is 1.36. The van der Waals surface area contributed by atoms with Crippen molar-refractivity contribution in [2.45, 2.75) is 70.1 Å². The van der Waals surface area contributed by atoms with Crippen LogP contribution in [0.2, 0.25) is 0 Å². The van der Waals surface area contributed by atoms with Crippen molar-refractivity contribution in [1.82, 2.24) is 10.2 Å². The molecule has 1 saturated carbocycles. The van der Waals surface area contributed by atoms with E-state index in [4.69, 9.17) is 0 Å². The molecule has 3 N–H and O–H groups in total. The Morgan fingerprint density at radius 1 is 1.15 bits per heavy atom. The van der Waals surface area contributed by atoms with Crippen molar-refractivity contribution < 1.29 is 10.2 Å². The van der Waals surface area contributed by atoms with E-state index in [0.717, 1.165) is 32.5 Å². The molecule has 1 aliphatic carbocycles. The maximum absolute atomic E-state index is 10.2. The molecule has 2 fully saturated rings. The molecule has 3 unspecified atom stereocenters.